The van der Waals surface area contributed by atoms with Crippen LogP contribution in [0.5, 0.6) is 5.75 Å². The van der Waals surface area contributed by atoms with E-state index < -0.39 is 5.60 Å². The van der Waals surface area contributed by atoms with Crippen LogP contribution in [-0.4, -0.2) is 42.5 Å². The summed E-state index contributed by atoms with van der Waals surface area (Å²) in [5.74, 6) is 0.529. The molecule has 0 spiro atoms. The summed E-state index contributed by atoms with van der Waals surface area (Å²) >= 11 is 0. The zero-order chi connectivity index (χ0) is 14.6. The van der Waals surface area contributed by atoms with E-state index in [1.54, 1.807) is 24.3 Å². The number of nitrogens with one attached hydrogen (secondary N) is 1. The van der Waals surface area contributed by atoms with Crippen LogP contribution in [0.4, 0.5) is 0 Å². The number of amides is 1. The molecule has 2 rings (SSSR count). The summed E-state index contributed by atoms with van der Waals surface area (Å²) in [6.45, 7) is 4.91. The smallest absolute Gasteiger partial charge is 0.251 e. The molecule has 1 atom stereocenters. The molecule has 20 heavy (non-hydrogen) atoms. The van der Waals surface area contributed by atoms with Gasteiger partial charge < -0.3 is 19.9 Å². The number of hydrogen-bond acceptors (Lipinski definition) is 4. The van der Waals surface area contributed by atoms with Gasteiger partial charge in [-0.15, -0.1) is 0 Å². The number of carbonyl (C=O) groups is 1. The van der Waals surface area contributed by atoms with Crippen LogP contribution >= 0.6 is 0 Å². The molecule has 0 aliphatic carbocycles. The van der Waals surface area contributed by atoms with E-state index in [0.717, 1.165) is 5.75 Å². The number of hydrogen-bond donors (Lipinski definition) is 2. The van der Waals surface area contributed by atoms with Gasteiger partial charge in [-0.05, 0) is 38.1 Å². The number of ether oxygens (including phenoxy) is 2. The second kappa shape index (κ2) is 6.24. The molecule has 1 unspecified atom stereocenters. The van der Waals surface area contributed by atoms with Crippen LogP contribution in [0.2, 0.25) is 0 Å². The van der Waals surface area contributed by atoms with E-state index in [4.69, 9.17) is 9.47 Å². The van der Waals surface area contributed by atoms with E-state index in [2.05, 4.69) is 5.32 Å². The third kappa shape index (κ3) is 3.95. The van der Waals surface area contributed by atoms with E-state index in [1.165, 1.54) is 0 Å². The molecule has 1 fully saturated rings. The second-order valence-electron chi connectivity index (χ2n) is 5.40. The second-order valence-corrected chi connectivity index (χ2v) is 5.40. The molecule has 1 aliphatic rings. The van der Waals surface area contributed by atoms with E-state index in [1.807, 2.05) is 13.8 Å². The molecular formula is C15H21NO4. The SMILES string of the molecule is CC(C)Oc1ccc(C(=O)NCC2(O)CCOC2)cc1. The highest BCUT2D eigenvalue weighted by molar-refractivity contribution is 5.94. The fourth-order valence-corrected chi connectivity index (χ4v) is 2.04. The van der Waals surface area contributed by atoms with Crippen molar-refractivity contribution >= 4 is 5.91 Å². The summed E-state index contributed by atoms with van der Waals surface area (Å²) in [5, 5.41) is 12.8. The lowest BCUT2D eigenvalue weighted by Crippen LogP contribution is -2.43. The topological polar surface area (TPSA) is 67.8 Å². The highest BCUT2D eigenvalue weighted by atomic mass is 16.5. The minimum Gasteiger partial charge on any atom is -0.491 e. The van der Waals surface area contributed by atoms with Crippen molar-refractivity contribution in [2.75, 3.05) is 19.8 Å². The van der Waals surface area contributed by atoms with E-state index >= 15 is 0 Å². The molecule has 0 aromatic heterocycles. The minimum absolute atomic E-state index is 0.103. The normalized spacial score (nSPS) is 22.0. The van der Waals surface area contributed by atoms with Crippen molar-refractivity contribution in [3.63, 3.8) is 0 Å². The van der Waals surface area contributed by atoms with Crippen molar-refractivity contribution in [3.8, 4) is 5.75 Å². The third-order valence-corrected chi connectivity index (χ3v) is 3.15. The van der Waals surface area contributed by atoms with Crippen LogP contribution in [0.3, 0.4) is 0 Å². The van der Waals surface area contributed by atoms with Crippen LogP contribution in [0.25, 0.3) is 0 Å². The molecule has 1 saturated heterocycles. The van der Waals surface area contributed by atoms with Gasteiger partial charge >= 0.3 is 0 Å². The molecule has 1 aromatic carbocycles. The van der Waals surface area contributed by atoms with Gasteiger partial charge in [0, 0.05) is 25.1 Å². The van der Waals surface area contributed by atoms with Crippen LogP contribution < -0.4 is 10.1 Å². The molecule has 1 aromatic rings. The molecule has 1 aliphatic heterocycles. The van der Waals surface area contributed by atoms with Crippen molar-refractivity contribution in [1.82, 2.24) is 5.32 Å². The van der Waals surface area contributed by atoms with Gasteiger partial charge in [0.05, 0.1) is 12.7 Å². The zero-order valence-electron chi connectivity index (χ0n) is 11.9. The lowest BCUT2D eigenvalue weighted by atomic mass is 10.0. The van der Waals surface area contributed by atoms with E-state index in [9.17, 15) is 9.90 Å². The third-order valence-electron chi connectivity index (χ3n) is 3.15. The standard InChI is InChI=1S/C15H21NO4/c1-11(2)20-13-5-3-12(4-6-13)14(17)16-9-15(18)7-8-19-10-15/h3-6,11,18H,7-10H2,1-2H3,(H,16,17). The van der Waals surface area contributed by atoms with Gasteiger partial charge in [-0.25, -0.2) is 0 Å². The van der Waals surface area contributed by atoms with Crippen LogP contribution in [0, 0.1) is 0 Å². The lowest BCUT2D eigenvalue weighted by molar-refractivity contribution is 0.0264. The number of carbonyl (C=O) groups excluding carboxylic acids is 1. The number of benzene rings is 1. The first-order valence-electron chi connectivity index (χ1n) is 6.84. The Bertz CT molecular complexity index is 449. The fourth-order valence-electron chi connectivity index (χ4n) is 2.04. The largest absolute Gasteiger partial charge is 0.491 e. The van der Waals surface area contributed by atoms with Gasteiger partial charge in [0.1, 0.15) is 11.4 Å². The monoisotopic (exact) mass is 279 g/mol. The predicted octanol–water partition coefficient (Wildman–Crippen LogP) is 1.35. The summed E-state index contributed by atoms with van der Waals surface area (Å²) in [4.78, 5) is 12.0. The van der Waals surface area contributed by atoms with Gasteiger partial charge in [-0.3, -0.25) is 4.79 Å². The zero-order valence-corrected chi connectivity index (χ0v) is 11.9. The first-order chi connectivity index (χ1) is 9.48. The Morgan fingerprint density at radius 1 is 1.45 bits per heavy atom. The Labute approximate surface area is 118 Å². The Morgan fingerprint density at radius 2 is 2.15 bits per heavy atom. The van der Waals surface area contributed by atoms with Gasteiger partial charge in [0.25, 0.3) is 5.91 Å². The number of aliphatic hydroxyl groups is 1. The average Bonchev–Trinajstić information content (AvgIpc) is 2.84. The predicted molar refractivity (Wildman–Crippen MR) is 74.9 cm³/mol. The molecule has 0 radical (unpaired) electrons. The first-order valence-corrected chi connectivity index (χ1v) is 6.84. The Hall–Kier alpha value is -1.59. The molecule has 0 saturated carbocycles. The molecule has 1 heterocycles. The summed E-state index contributed by atoms with van der Waals surface area (Å²) in [5.41, 5.74) is -0.389. The maximum Gasteiger partial charge on any atom is 0.251 e. The first kappa shape index (κ1) is 14.8. The van der Waals surface area contributed by atoms with Gasteiger partial charge in [0.2, 0.25) is 0 Å². The quantitative estimate of drug-likeness (QED) is 0.854. The average molecular weight is 279 g/mol. The fraction of sp³-hybridized carbons (Fsp3) is 0.533. The van der Waals surface area contributed by atoms with E-state index in [-0.39, 0.29) is 25.2 Å². The molecule has 1 amide bonds. The van der Waals surface area contributed by atoms with Crippen molar-refractivity contribution < 1.29 is 19.4 Å². The van der Waals surface area contributed by atoms with Gasteiger partial charge in [0.15, 0.2) is 0 Å². The highest BCUT2D eigenvalue weighted by Crippen LogP contribution is 2.18. The van der Waals surface area contributed by atoms with Crippen LogP contribution in [0.15, 0.2) is 24.3 Å². The Balaban J connectivity index is 1.89. The Kier molecular flexibility index (Phi) is 4.62. The van der Waals surface area contributed by atoms with Crippen LogP contribution in [-0.2, 0) is 4.74 Å². The molecular weight excluding hydrogens is 258 g/mol. The summed E-state index contributed by atoms with van der Waals surface area (Å²) < 4.78 is 10.7. The van der Waals surface area contributed by atoms with E-state index in [0.29, 0.717) is 18.6 Å². The maximum absolute atomic E-state index is 12.0. The van der Waals surface area contributed by atoms with Crippen molar-refractivity contribution in [3.05, 3.63) is 29.8 Å². The highest BCUT2D eigenvalue weighted by Gasteiger charge is 2.32. The molecule has 110 valence electrons. The van der Waals surface area contributed by atoms with Gasteiger partial charge in [-0.1, -0.05) is 0 Å². The summed E-state index contributed by atoms with van der Waals surface area (Å²) in [6, 6.07) is 6.95. The molecule has 2 N–H and O–H groups in total. The van der Waals surface area contributed by atoms with Crippen LogP contribution in [0.1, 0.15) is 30.6 Å². The van der Waals surface area contributed by atoms with Crippen molar-refractivity contribution in [2.45, 2.75) is 32.0 Å². The lowest BCUT2D eigenvalue weighted by Gasteiger charge is -2.20. The molecule has 5 nitrogen and oxygen atoms in total. The minimum atomic E-state index is -0.934. The summed E-state index contributed by atoms with van der Waals surface area (Å²) in [6.07, 6.45) is 0.653. The van der Waals surface area contributed by atoms with Gasteiger partial charge in [-0.2, -0.15) is 0 Å². The molecule has 5 heteroatoms. The Morgan fingerprint density at radius 3 is 2.70 bits per heavy atom. The number of rotatable bonds is 5. The van der Waals surface area contributed by atoms with Crippen molar-refractivity contribution in [1.29, 1.82) is 0 Å². The molecule has 0 bridgehead atoms. The van der Waals surface area contributed by atoms with Crippen molar-refractivity contribution in [2.24, 2.45) is 0 Å². The maximum atomic E-state index is 12.0. The summed E-state index contributed by atoms with van der Waals surface area (Å²) in [7, 11) is 0.